The number of nitrogens with one attached hydrogen (secondary N) is 1. The first-order valence-electron chi connectivity index (χ1n) is 7.91. The zero-order chi connectivity index (χ0) is 17.1. The first-order chi connectivity index (χ1) is 11.6. The van der Waals surface area contributed by atoms with E-state index in [1.165, 1.54) is 0 Å². The summed E-state index contributed by atoms with van der Waals surface area (Å²) in [7, 11) is 0. The summed E-state index contributed by atoms with van der Waals surface area (Å²) in [6.07, 6.45) is 4.07. The molecule has 0 aliphatic heterocycles. The van der Waals surface area contributed by atoms with Gasteiger partial charge in [-0.15, -0.1) is 10.2 Å². The van der Waals surface area contributed by atoms with Gasteiger partial charge in [0, 0.05) is 6.07 Å². The molecule has 124 valence electrons. The molecule has 0 saturated heterocycles. The minimum Gasteiger partial charge on any atom is -0.307 e. The highest BCUT2D eigenvalue weighted by Gasteiger charge is 2.17. The van der Waals surface area contributed by atoms with E-state index in [4.69, 9.17) is 0 Å². The van der Waals surface area contributed by atoms with Gasteiger partial charge in [-0.05, 0) is 32.4 Å². The maximum Gasteiger partial charge on any atom is 0.258 e. The lowest BCUT2D eigenvalue weighted by molar-refractivity contribution is 0.102. The number of amides is 1. The van der Waals surface area contributed by atoms with Crippen LogP contribution in [0.5, 0.6) is 0 Å². The Balaban J connectivity index is 1.92. The Morgan fingerprint density at radius 1 is 1.25 bits per heavy atom. The van der Waals surface area contributed by atoms with Gasteiger partial charge in [0.25, 0.3) is 5.91 Å². The van der Waals surface area contributed by atoms with Crippen LogP contribution in [-0.2, 0) is 0 Å². The molecule has 0 saturated carbocycles. The lowest BCUT2D eigenvalue weighted by Crippen LogP contribution is -2.19. The third-order valence-electron chi connectivity index (χ3n) is 3.95. The molecule has 0 spiro atoms. The SMILES string of the molecule is CCC(C)n1nc(C)cc1NC(=O)c1ccccc1-n1cnnc1. The van der Waals surface area contributed by atoms with Crippen molar-refractivity contribution in [3.8, 4) is 5.69 Å². The van der Waals surface area contributed by atoms with E-state index >= 15 is 0 Å². The van der Waals surface area contributed by atoms with Gasteiger partial charge >= 0.3 is 0 Å². The predicted octanol–water partition coefficient (Wildman–Crippen LogP) is 3.00. The molecule has 0 aliphatic rings. The quantitative estimate of drug-likeness (QED) is 0.782. The minimum atomic E-state index is -0.191. The monoisotopic (exact) mass is 324 g/mol. The molecular formula is C17H20N6O. The summed E-state index contributed by atoms with van der Waals surface area (Å²) in [6.45, 7) is 6.08. The van der Waals surface area contributed by atoms with Crippen molar-refractivity contribution in [1.82, 2.24) is 24.5 Å². The molecule has 7 heteroatoms. The third kappa shape index (κ3) is 3.05. The van der Waals surface area contributed by atoms with Gasteiger partial charge in [-0.3, -0.25) is 9.36 Å². The fourth-order valence-corrected chi connectivity index (χ4v) is 2.52. The van der Waals surface area contributed by atoms with Crippen molar-refractivity contribution >= 4 is 11.7 Å². The van der Waals surface area contributed by atoms with Crippen LogP contribution in [0.4, 0.5) is 5.82 Å². The van der Waals surface area contributed by atoms with Crippen LogP contribution in [0.15, 0.2) is 43.0 Å². The second-order valence-corrected chi connectivity index (χ2v) is 5.71. The zero-order valence-corrected chi connectivity index (χ0v) is 14.0. The van der Waals surface area contributed by atoms with Crippen molar-refractivity contribution in [3.63, 3.8) is 0 Å². The molecule has 3 aromatic rings. The van der Waals surface area contributed by atoms with Gasteiger partial charge in [-0.25, -0.2) is 4.68 Å². The molecule has 2 heterocycles. The molecule has 1 aromatic carbocycles. The van der Waals surface area contributed by atoms with Crippen molar-refractivity contribution in [2.75, 3.05) is 5.32 Å². The Morgan fingerprint density at radius 3 is 2.67 bits per heavy atom. The Hall–Kier alpha value is -2.96. The molecule has 2 aromatic heterocycles. The van der Waals surface area contributed by atoms with Crippen LogP contribution in [0.1, 0.15) is 42.4 Å². The molecule has 0 bridgehead atoms. The molecule has 7 nitrogen and oxygen atoms in total. The van der Waals surface area contributed by atoms with Crippen molar-refractivity contribution in [2.24, 2.45) is 0 Å². The van der Waals surface area contributed by atoms with Crippen molar-refractivity contribution in [1.29, 1.82) is 0 Å². The van der Waals surface area contributed by atoms with E-state index in [1.807, 2.05) is 35.9 Å². The number of aryl methyl sites for hydroxylation is 1. The number of hydrogen-bond acceptors (Lipinski definition) is 4. The average molecular weight is 324 g/mol. The van der Waals surface area contributed by atoms with Gasteiger partial charge in [-0.2, -0.15) is 5.10 Å². The highest BCUT2D eigenvalue weighted by Crippen LogP contribution is 2.21. The standard InChI is InChI=1S/C17H20N6O/c1-4-13(3)23-16(9-12(2)21-23)20-17(24)14-7-5-6-8-15(14)22-10-18-19-11-22/h5-11,13H,4H2,1-3H3,(H,20,24). The smallest absolute Gasteiger partial charge is 0.258 e. The summed E-state index contributed by atoms with van der Waals surface area (Å²) in [6, 6.07) is 9.43. The number of rotatable bonds is 5. The Kier molecular flexibility index (Phi) is 4.41. The lowest BCUT2D eigenvalue weighted by Gasteiger charge is -2.15. The van der Waals surface area contributed by atoms with Crippen LogP contribution < -0.4 is 5.32 Å². The van der Waals surface area contributed by atoms with E-state index in [0.717, 1.165) is 17.8 Å². The van der Waals surface area contributed by atoms with Crippen molar-refractivity contribution < 1.29 is 4.79 Å². The summed E-state index contributed by atoms with van der Waals surface area (Å²) in [5, 5.41) is 15.1. The topological polar surface area (TPSA) is 77.6 Å². The van der Waals surface area contributed by atoms with Crippen LogP contribution in [0.3, 0.4) is 0 Å². The molecule has 24 heavy (non-hydrogen) atoms. The molecule has 0 fully saturated rings. The average Bonchev–Trinajstić information content (AvgIpc) is 3.24. The van der Waals surface area contributed by atoms with Gasteiger partial charge in [0.2, 0.25) is 0 Å². The summed E-state index contributed by atoms with van der Waals surface area (Å²) in [4.78, 5) is 12.8. The molecule has 1 unspecified atom stereocenters. The highest BCUT2D eigenvalue weighted by molar-refractivity contribution is 6.06. The number of benzene rings is 1. The fraction of sp³-hybridized carbons (Fsp3) is 0.294. The van der Waals surface area contributed by atoms with E-state index in [0.29, 0.717) is 11.4 Å². The van der Waals surface area contributed by atoms with Crippen molar-refractivity contribution in [3.05, 3.63) is 54.2 Å². The van der Waals surface area contributed by atoms with Crippen LogP contribution in [0.2, 0.25) is 0 Å². The van der Waals surface area contributed by atoms with Crippen LogP contribution >= 0.6 is 0 Å². The summed E-state index contributed by atoms with van der Waals surface area (Å²) < 4.78 is 3.57. The summed E-state index contributed by atoms with van der Waals surface area (Å²) >= 11 is 0. The lowest BCUT2D eigenvalue weighted by atomic mass is 10.1. The predicted molar refractivity (Wildman–Crippen MR) is 91.3 cm³/mol. The van der Waals surface area contributed by atoms with Crippen molar-refractivity contribution in [2.45, 2.75) is 33.2 Å². The van der Waals surface area contributed by atoms with E-state index in [1.54, 1.807) is 23.3 Å². The second-order valence-electron chi connectivity index (χ2n) is 5.71. The van der Waals surface area contributed by atoms with E-state index in [9.17, 15) is 4.79 Å². The number of carbonyl (C=O) groups excluding carboxylic acids is 1. The number of hydrogen-bond donors (Lipinski definition) is 1. The van der Waals surface area contributed by atoms with Gasteiger partial charge < -0.3 is 5.32 Å². The normalized spacial score (nSPS) is 12.1. The second kappa shape index (κ2) is 6.66. The number of nitrogens with zero attached hydrogens (tertiary/aromatic N) is 5. The molecule has 1 amide bonds. The van der Waals surface area contributed by atoms with Crippen LogP contribution in [-0.4, -0.2) is 30.5 Å². The van der Waals surface area contributed by atoms with Gasteiger partial charge in [0.1, 0.15) is 18.5 Å². The molecule has 1 atom stereocenters. The van der Waals surface area contributed by atoms with Gasteiger partial charge in [0.05, 0.1) is 23.0 Å². The van der Waals surface area contributed by atoms with E-state index < -0.39 is 0 Å². The Bertz CT molecular complexity index is 837. The molecular weight excluding hydrogens is 304 g/mol. The number of carbonyl (C=O) groups is 1. The highest BCUT2D eigenvalue weighted by atomic mass is 16.1. The summed E-state index contributed by atoms with van der Waals surface area (Å²) in [5.41, 5.74) is 2.15. The Labute approximate surface area is 140 Å². The van der Waals surface area contributed by atoms with E-state index in [-0.39, 0.29) is 11.9 Å². The van der Waals surface area contributed by atoms with Gasteiger partial charge in [-0.1, -0.05) is 19.1 Å². The number of anilines is 1. The maximum absolute atomic E-state index is 12.8. The van der Waals surface area contributed by atoms with Gasteiger partial charge in [0.15, 0.2) is 0 Å². The first-order valence-corrected chi connectivity index (χ1v) is 7.91. The molecule has 3 rings (SSSR count). The Morgan fingerprint density at radius 2 is 1.96 bits per heavy atom. The third-order valence-corrected chi connectivity index (χ3v) is 3.95. The molecule has 1 N–H and O–H groups in total. The minimum absolute atomic E-state index is 0.191. The molecule has 0 radical (unpaired) electrons. The first kappa shape index (κ1) is 15.9. The van der Waals surface area contributed by atoms with E-state index in [2.05, 4.69) is 34.5 Å². The zero-order valence-electron chi connectivity index (χ0n) is 14.0. The molecule has 0 aliphatic carbocycles. The van der Waals surface area contributed by atoms with Crippen LogP contribution in [0.25, 0.3) is 5.69 Å². The largest absolute Gasteiger partial charge is 0.307 e. The number of aromatic nitrogens is 5. The fourth-order valence-electron chi connectivity index (χ4n) is 2.52. The maximum atomic E-state index is 12.8. The number of para-hydroxylation sites is 1. The summed E-state index contributed by atoms with van der Waals surface area (Å²) in [5.74, 6) is 0.508. The van der Waals surface area contributed by atoms with Crippen LogP contribution in [0, 0.1) is 6.92 Å².